The van der Waals surface area contributed by atoms with Gasteiger partial charge >= 0.3 is 0 Å². The molecule has 1 aromatic rings. The molecule has 0 aliphatic carbocycles. The van der Waals surface area contributed by atoms with Crippen molar-refractivity contribution < 1.29 is 4.79 Å². The van der Waals surface area contributed by atoms with Crippen LogP contribution in [0.25, 0.3) is 0 Å². The molecule has 1 heterocycles. The van der Waals surface area contributed by atoms with E-state index in [9.17, 15) is 4.79 Å². The number of carbonyl (C=O) groups is 1. The molecular formula is C13H15N3O. The summed E-state index contributed by atoms with van der Waals surface area (Å²) in [7, 11) is 2.08. The number of likely N-dealkylation sites (N-methyl/N-ethyl adjacent to an activating group) is 1. The fourth-order valence-electron chi connectivity index (χ4n) is 2.07. The van der Waals surface area contributed by atoms with Gasteiger partial charge in [-0.25, -0.2) is 0 Å². The maximum absolute atomic E-state index is 11.2. The summed E-state index contributed by atoms with van der Waals surface area (Å²) in [6.45, 7) is 1.55. The molecular weight excluding hydrogens is 214 g/mol. The van der Waals surface area contributed by atoms with Gasteiger partial charge in [0.25, 0.3) is 0 Å². The Balaban J connectivity index is 2.00. The Morgan fingerprint density at radius 3 is 3.18 bits per heavy atom. The lowest BCUT2D eigenvalue weighted by Crippen LogP contribution is -2.21. The molecule has 0 spiro atoms. The smallest absolute Gasteiger partial charge is 0.234 e. The summed E-state index contributed by atoms with van der Waals surface area (Å²) in [5, 5.41) is 11.1. The van der Waals surface area contributed by atoms with Crippen LogP contribution < -0.4 is 10.2 Å². The quantitative estimate of drug-likeness (QED) is 0.847. The summed E-state index contributed by atoms with van der Waals surface area (Å²) >= 11 is 0. The minimum absolute atomic E-state index is 0.0757. The lowest BCUT2D eigenvalue weighted by molar-refractivity contribution is -0.120. The zero-order valence-corrected chi connectivity index (χ0v) is 9.86. The molecule has 1 amide bonds. The van der Waals surface area contributed by atoms with Crippen LogP contribution >= 0.6 is 0 Å². The molecule has 0 bridgehead atoms. The van der Waals surface area contributed by atoms with Gasteiger partial charge in [0.2, 0.25) is 5.91 Å². The summed E-state index contributed by atoms with van der Waals surface area (Å²) in [5.41, 5.74) is 3.70. The van der Waals surface area contributed by atoms with Gasteiger partial charge in [-0.2, -0.15) is 5.26 Å². The van der Waals surface area contributed by atoms with Gasteiger partial charge in [-0.3, -0.25) is 4.79 Å². The van der Waals surface area contributed by atoms with Crippen molar-refractivity contribution in [2.24, 2.45) is 0 Å². The van der Waals surface area contributed by atoms with Gasteiger partial charge in [-0.1, -0.05) is 12.1 Å². The second-order valence-corrected chi connectivity index (χ2v) is 4.25. The average molecular weight is 229 g/mol. The highest BCUT2D eigenvalue weighted by atomic mass is 16.1. The molecule has 4 heteroatoms. The normalized spacial score (nSPS) is 13.1. The van der Waals surface area contributed by atoms with Crippen molar-refractivity contribution in [2.75, 3.05) is 18.5 Å². The molecule has 4 nitrogen and oxygen atoms in total. The molecule has 0 atom stereocenters. The zero-order valence-electron chi connectivity index (χ0n) is 9.86. The summed E-state index contributed by atoms with van der Waals surface area (Å²) in [5.74, 6) is -0.217. The van der Waals surface area contributed by atoms with Gasteiger partial charge < -0.3 is 10.2 Å². The molecule has 2 rings (SSSR count). The van der Waals surface area contributed by atoms with Gasteiger partial charge in [-0.05, 0) is 23.6 Å². The monoisotopic (exact) mass is 229 g/mol. The molecule has 0 unspecified atom stereocenters. The Morgan fingerprint density at radius 2 is 2.41 bits per heavy atom. The van der Waals surface area contributed by atoms with E-state index in [2.05, 4.69) is 29.4 Å². The minimum atomic E-state index is -0.217. The van der Waals surface area contributed by atoms with Gasteiger partial charge in [0, 0.05) is 25.8 Å². The predicted molar refractivity (Wildman–Crippen MR) is 65.5 cm³/mol. The number of nitriles is 1. The number of amides is 1. The third-order valence-electron chi connectivity index (χ3n) is 3.00. The molecule has 0 radical (unpaired) electrons. The van der Waals surface area contributed by atoms with Crippen LogP contribution in [-0.4, -0.2) is 19.5 Å². The second-order valence-electron chi connectivity index (χ2n) is 4.25. The number of hydrogen-bond acceptors (Lipinski definition) is 3. The van der Waals surface area contributed by atoms with E-state index in [1.165, 1.54) is 11.3 Å². The summed E-state index contributed by atoms with van der Waals surface area (Å²) in [6, 6.07) is 8.08. The van der Waals surface area contributed by atoms with Crippen LogP contribution in [0.5, 0.6) is 0 Å². The summed E-state index contributed by atoms with van der Waals surface area (Å²) in [4.78, 5) is 13.4. The first kappa shape index (κ1) is 11.5. The molecule has 0 aromatic heterocycles. The molecule has 1 aliphatic heterocycles. The number of fused-ring (bicyclic) bond motifs is 1. The molecule has 1 aromatic carbocycles. The van der Waals surface area contributed by atoms with E-state index in [4.69, 9.17) is 5.26 Å². The standard InChI is InChI=1S/C13H15N3O/c1-16-7-5-11-8-10(2-3-12(11)16)9-15-13(17)4-6-14/h2-3,8H,4-5,7,9H2,1H3,(H,15,17). The van der Waals surface area contributed by atoms with Crippen LogP contribution in [0.3, 0.4) is 0 Å². The van der Waals surface area contributed by atoms with E-state index < -0.39 is 0 Å². The van der Waals surface area contributed by atoms with Crippen LogP contribution in [0.15, 0.2) is 18.2 Å². The molecule has 1 N–H and O–H groups in total. The highest BCUT2D eigenvalue weighted by molar-refractivity contribution is 5.78. The number of hydrogen-bond donors (Lipinski definition) is 1. The largest absolute Gasteiger partial charge is 0.374 e. The summed E-state index contributed by atoms with van der Waals surface area (Å²) in [6.07, 6.45) is 0.986. The maximum Gasteiger partial charge on any atom is 0.234 e. The van der Waals surface area contributed by atoms with Crippen LogP contribution in [0.2, 0.25) is 0 Å². The minimum Gasteiger partial charge on any atom is -0.374 e. The molecule has 17 heavy (non-hydrogen) atoms. The van der Waals surface area contributed by atoms with Crippen molar-refractivity contribution in [3.05, 3.63) is 29.3 Å². The lowest BCUT2D eigenvalue weighted by atomic mass is 10.1. The van der Waals surface area contributed by atoms with E-state index >= 15 is 0 Å². The number of nitrogens with zero attached hydrogens (tertiary/aromatic N) is 2. The Bertz CT molecular complexity index is 476. The van der Waals surface area contributed by atoms with Gasteiger partial charge in [0.05, 0.1) is 6.07 Å². The molecule has 88 valence electrons. The van der Waals surface area contributed by atoms with Gasteiger partial charge in [0.15, 0.2) is 0 Å². The fourth-order valence-corrected chi connectivity index (χ4v) is 2.07. The topological polar surface area (TPSA) is 56.1 Å². The van der Waals surface area contributed by atoms with Crippen molar-refractivity contribution in [1.29, 1.82) is 5.26 Å². The van der Waals surface area contributed by atoms with Crippen molar-refractivity contribution in [2.45, 2.75) is 19.4 Å². The lowest BCUT2D eigenvalue weighted by Gasteiger charge is -2.12. The first-order valence-corrected chi connectivity index (χ1v) is 5.67. The Kier molecular flexibility index (Phi) is 3.29. The van der Waals surface area contributed by atoms with Crippen LogP contribution in [0.4, 0.5) is 5.69 Å². The highest BCUT2D eigenvalue weighted by Crippen LogP contribution is 2.27. The fraction of sp³-hybridized carbons (Fsp3) is 0.385. The Morgan fingerprint density at radius 1 is 1.59 bits per heavy atom. The maximum atomic E-state index is 11.2. The van der Waals surface area contributed by atoms with Crippen molar-refractivity contribution >= 4 is 11.6 Å². The van der Waals surface area contributed by atoms with Crippen LogP contribution in [0, 0.1) is 11.3 Å². The molecule has 1 aliphatic rings. The van der Waals surface area contributed by atoms with Crippen LogP contribution in [-0.2, 0) is 17.8 Å². The van der Waals surface area contributed by atoms with E-state index in [0.717, 1.165) is 18.5 Å². The number of nitrogens with one attached hydrogen (secondary N) is 1. The molecule has 0 saturated heterocycles. The second kappa shape index (κ2) is 4.88. The molecule has 0 fully saturated rings. The number of carbonyl (C=O) groups excluding carboxylic acids is 1. The summed E-state index contributed by atoms with van der Waals surface area (Å²) < 4.78 is 0. The number of anilines is 1. The average Bonchev–Trinajstić information content (AvgIpc) is 2.69. The van der Waals surface area contributed by atoms with Crippen molar-refractivity contribution in [1.82, 2.24) is 5.32 Å². The van der Waals surface area contributed by atoms with Crippen molar-refractivity contribution in [3.8, 4) is 6.07 Å². The number of rotatable bonds is 3. The highest BCUT2D eigenvalue weighted by Gasteiger charge is 2.15. The Labute approximate surface area is 101 Å². The third-order valence-corrected chi connectivity index (χ3v) is 3.00. The molecule has 0 saturated carbocycles. The zero-order chi connectivity index (χ0) is 12.3. The van der Waals surface area contributed by atoms with Gasteiger partial charge in [-0.15, -0.1) is 0 Å². The van der Waals surface area contributed by atoms with Crippen molar-refractivity contribution in [3.63, 3.8) is 0 Å². The Hall–Kier alpha value is -2.02. The van der Waals surface area contributed by atoms with E-state index in [1.807, 2.05) is 12.1 Å². The van der Waals surface area contributed by atoms with Crippen LogP contribution in [0.1, 0.15) is 17.5 Å². The number of benzene rings is 1. The first-order valence-electron chi connectivity index (χ1n) is 5.67. The SMILES string of the molecule is CN1CCc2cc(CNC(=O)CC#N)ccc21. The van der Waals surface area contributed by atoms with Gasteiger partial charge in [0.1, 0.15) is 6.42 Å². The van der Waals surface area contributed by atoms with E-state index in [1.54, 1.807) is 0 Å². The van der Waals surface area contributed by atoms with E-state index in [0.29, 0.717) is 6.54 Å². The van der Waals surface area contributed by atoms with E-state index in [-0.39, 0.29) is 12.3 Å². The first-order chi connectivity index (χ1) is 8.20. The third kappa shape index (κ3) is 2.56. The predicted octanol–water partition coefficient (Wildman–Crippen LogP) is 1.21.